The minimum absolute atomic E-state index is 0.0327. The normalized spacial score (nSPS) is 18.3. The van der Waals surface area contributed by atoms with Crippen molar-refractivity contribution in [2.24, 2.45) is 0 Å². The number of ether oxygens (including phenoxy) is 1. The van der Waals surface area contributed by atoms with Crippen LogP contribution in [0, 0.1) is 0 Å². The van der Waals surface area contributed by atoms with Crippen LogP contribution in [0.5, 0.6) is 0 Å². The Bertz CT molecular complexity index is 739. The molecule has 1 heterocycles. The van der Waals surface area contributed by atoms with E-state index in [2.05, 4.69) is 95.9 Å². The maximum absolute atomic E-state index is 9.73. The summed E-state index contributed by atoms with van der Waals surface area (Å²) in [4.78, 5) is 2.46. The molecule has 0 spiro atoms. The van der Waals surface area contributed by atoms with Crippen molar-refractivity contribution in [2.75, 3.05) is 26.3 Å². The minimum atomic E-state index is -0.430. The van der Waals surface area contributed by atoms with E-state index < -0.39 is 5.54 Å². The number of benzene rings is 3. The molecule has 4 rings (SSSR count). The van der Waals surface area contributed by atoms with E-state index in [0.29, 0.717) is 13.2 Å². The minimum Gasteiger partial charge on any atom is -0.394 e. The monoisotopic (exact) mass is 359 g/mol. The second-order valence-electron chi connectivity index (χ2n) is 6.93. The summed E-state index contributed by atoms with van der Waals surface area (Å²) in [5, 5.41) is 9.73. The molecule has 1 aliphatic rings. The molecular formula is C24H25NO2. The van der Waals surface area contributed by atoms with Crippen LogP contribution in [0.2, 0.25) is 0 Å². The highest BCUT2D eigenvalue weighted by Gasteiger charge is 2.43. The Balaban J connectivity index is 1.98. The van der Waals surface area contributed by atoms with E-state index in [1.807, 2.05) is 0 Å². The highest BCUT2D eigenvalue weighted by atomic mass is 16.5. The van der Waals surface area contributed by atoms with E-state index in [1.165, 1.54) is 16.7 Å². The topological polar surface area (TPSA) is 32.7 Å². The number of aliphatic hydroxyl groups excluding tert-OH is 1. The van der Waals surface area contributed by atoms with Gasteiger partial charge in [-0.2, -0.15) is 0 Å². The Morgan fingerprint density at radius 2 is 1.22 bits per heavy atom. The van der Waals surface area contributed by atoms with Crippen LogP contribution in [0.15, 0.2) is 91.0 Å². The molecule has 3 nitrogen and oxygen atoms in total. The van der Waals surface area contributed by atoms with Crippen molar-refractivity contribution < 1.29 is 9.84 Å². The molecule has 3 heteroatoms. The zero-order valence-corrected chi connectivity index (χ0v) is 15.4. The summed E-state index contributed by atoms with van der Waals surface area (Å²) in [5.41, 5.74) is 3.24. The van der Waals surface area contributed by atoms with Crippen LogP contribution in [-0.4, -0.2) is 42.4 Å². The van der Waals surface area contributed by atoms with Gasteiger partial charge in [0.25, 0.3) is 0 Å². The molecule has 27 heavy (non-hydrogen) atoms. The lowest BCUT2D eigenvalue weighted by Gasteiger charge is -2.48. The molecule has 1 atom stereocenters. The fourth-order valence-corrected chi connectivity index (χ4v) is 4.22. The Kier molecular flexibility index (Phi) is 5.35. The molecule has 3 aromatic carbocycles. The Hall–Kier alpha value is -2.46. The maximum Gasteiger partial charge on any atom is 0.0974 e. The van der Waals surface area contributed by atoms with Gasteiger partial charge in [0, 0.05) is 13.1 Å². The smallest absolute Gasteiger partial charge is 0.0974 e. The van der Waals surface area contributed by atoms with E-state index in [-0.39, 0.29) is 12.7 Å². The van der Waals surface area contributed by atoms with Crippen LogP contribution < -0.4 is 0 Å². The molecular weight excluding hydrogens is 334 g/mol. The predicted octanol–water partition coefficient (Wildman–Crippen LogP) is 3.67. The highest BCUT2D eigenvalue weighted by Crippen LogP contribution is 2.43. The van der Waals surface area contributed by atoms with Crippen LogP contribution in [0.4, 0.5) is 0 Å². The molecule has 1 aliphatic heterocycles. The van der Waals surface area contributed by atoms with Crippen molar-refractivity contribution in [1.82, 2.24) is 4.90 Å². The zero-order valence-electron chi connectivity index (χ0n) is 15.4. The van der Waals surface area contributed by atoms with Gasteiger partial charge in [0.2, 0.25) is 0 Å². The molecule has 0 aromatic heterocycles. The van der Waals surface area contributed by atoms with Crippen molar-refractivity contribution >= 4 is 0 Å². The molecule has 1 N–H and O–H groups in total. The summed E-state index contributed by atoms with van der Waals surface area (Å²) in [7, 11) is 0. The number of nitrogens with zero attached hydrogens (tertiary/aromatic N) is 1. The standard InChI is InChI=1S/C24H25NO2/c26-19-23-18-25(16-17-27-23)24(20-10-4-1-5-11-20,21-12-6-2-7-13-21)22-14-8-3-9-15-22/h1-15,23,26H,16-19H2. The number of hydrogen-bond acceptors (Lipinski definition) is 3. The third kappa shape index (κ3) is 3.30. The molecule has 1 unspecified atom stereocenters. The summed E-state index contributed by atoms with van der Waals surface area (Å²) in [6, 6.07) is 31.9. The van der Waals surface area contributed by atoms with Gasteiger partial charge in [-0.25, -0.2) is 0 Å². The second kappa shape index (κ2) is 8.05. The first kappa shape index (κ1) is 17.9. The fraction of sp³-hybridized carbons (Fsp3) is 0.250. The van der Waals surface area contributed by atoms with E-state index in [4.69, 9.17) is 4.74 Å². The molecule has 0 saturated carbocycles. The van der Waals surface area contributed by atoms with Crippen molar-refractivity contribution in [3.8, 4) is 0 Å². The number of hydrogen-bond donors (Lipinski definition) is 1. The largest absolute Gasteiger partial charge is 0.394 e. The molecule has 1 saturated heterocycles. The first-order chi connectivity index (χ1) is 13.4. The zero-order chi connectivity index (χ0) is 18.5. The molecule has 1 fully saturated rings. The van der Waals surface area contributed by atoms with Gasteiger partial charge in [0.1, 0.15) is 0 Å². The lowest BCUT2D eigenvalue weighted by atomic mass is 9.75. The average molecular weight is 359 g/mol. The van der Waals surface area contributed by atoms with Gasteiger partial charge in [-0.15, -0.1) is 0 Å². The van der Waals surface area contributed by atoms with E-state index >= 15 is 0 Å². The summed E-state index contributed by atoms with van der Waals surface area (Å²) < 4.78 is 5.77. The van der Waals surface area contributed by atoms with Gasteiger partial charge >= 0.3 is 0 Å². The number of rotatable bonds is 5. The van der Waals surface area contributed by atoms with Gasteiger partial charge in [-0.05, 0) is 16.7 Å². The quantitative estimate of drug-likeness (QED) is 0.706. The number of morpholine rings is 1. The van der Waals surface area contributed by atoms with Gasteiger partial charge in [0.05, 0.1) is 24.9 Å². The van der Waals surface area contributed by atoms with E-state index in [9.17, 15) is 5.11 Å². The number of aliphatic hydroxyl groups is 1. The SMILES string of the molecule is OCC1CN(C(c2ccccc2)(c2ccccc2)c2ccccc2)CCO1. The van der Waals surface area contributed by atoms with Crippen LogP contribution in [0.25, 0.3) is 0 Å². The van der Waals surface area contributed by atoms with Crippen molar-refractivity contribution in [2.45, 2.75) is 11.6 Å². The lowest BCUT2D eigenvalue weighted by molar-refractivity contribution is -0.0735. The highest BCUT2D eigenvalue weighted by molar-refractivity contribution is 5.49. The van der Waals surface area contributed by atoms with Gasteiger partial charge in [0.15, 0.2) is 0 Å². The second-order valence-corrected chi connectivity index (χ2v) is 6.93. The summed E-state index contributed by atoms with van der Waals surface area (Å²) in [6.45, 7) is 2.12. The van der Waals surface area contributed by atoms with Gasteiger partial charge in [-0.3, -0.25) is 4.90 Å². The summed E-state index contributed by atoms with van der Waals surface area (Å²) in [6.07, 6.45) is -0.172. The summed E-state index contributed by atoms with van der Waals surface area (Å²) >= 11 is 0. The van der Waals surface area contributed by atoms with Crippen molar-refractivity contribution in [3.05, 3.63) is 108 Å². The first-order valence-corrected chi connectivity index (χ1v) is 9.50. The lowest BCUT2D eigenvalue weighted by Crippen LogP contribution is -2.55. The van der Waals surface area contributed by atoms with Crippen LogP contribution in [0.1, 0.15) is 16.7 Å². The predicted molar refractivity (Wildman–Crippen MR) is 108 cm³/mol. The molecule has 0 amide bonds. The Labute approximate surface area is 160 Å². The Morgan fingerprint density at radius 3 is 1.63 bits per heavy atom. The molecule has 0 bridgehead atoms. The van der Waals surface area contributed by atoms with Crippen molar-refractivity contribution in [1.29, 1.82) is 0 Å². The van der Waals surface area contributed by atoms with Crippen LogP contribution >= 0.6 is 0 Å². The Morgan fingerprint density at radius 1 is 0.778 bits per heavy atom. The first-order valence-electron chi connectivity index (χ1n) is 9.50. The third-order valence-corrected chi connectivity index (χ3v) is 5.39. The van der Waals surface area contributed by atoms with Gasteiger partial charge < -0.3 is 9.84 Å². The van der Waals surface area contributed by atoms with Gasteiger partial charge in [-0.1, -0.05) is 91.0 Å². The molecule has 3 aromatic rings. The van der Waals surface area contributed by atoms with Crippen LogP contribution in [0.3, 0.4) is 0 Å². The third-order valence-electron chi connectivity index (χ3n) is 5.39. The maximum atomic E-state index is 9.73. The average Bonchev–Trinajstić information content (AvgIpc) is 2.77. The molecule has 0 radical (unpaired) electrons. The summed E-state index contributed by atoms with van der Waals surface area (Å²) in [5.74, 6) is 0. The van der Waals surface area contributed by atoms with Crippen molar-refractivity contribution in [3.63, 3.8) is 0 Å². The molecule has 0 aliphatic carbocycles. The fourth-order valence-electron chi connectivity index (χ4n) is 4.22. The van der Waals surface area contributed by atoms with E-state index in [0.717, 1.165) is 6.54 Å². The van der Waals surface area contributed by atoms with Crippen LogP contribution in [-0.2, 0) is 10.3 Å². The molecule has 138 valence electrons. The van der Waals surface area contributed by atoms with E-state index in [1.54, 1.807) is 0 Å².